The van der Waals surface area contributed by atoms with E-state index >= 15 is 0 Å². The second-order valence-corrected chi connectivity index (χ2v) is 2.75. The fourth-order valence-electron chi connectivity index (χ4n) is 1.05. The summed E-state index contributed by atoms with van der Waals surface area (Å²) in [6.45, 7) is 1.74. The Balaban J connectivity index is 2.66. The third-order valence-electron chi connectivity index (χ3n) is 1.83. The minimum atomic E-state index is -0.760. The molecule has 0 aromatic carbocycles. The Morgan fingerprint density at radius 1 is 1.73 bits per heavy atom. The Bertz CT molecular complexity index is 186. The molecule has 0 aliphatic carbocycles. The molecule has 0 bridgehead atoms. The highest BCUT2D eigenvalue weighted by atomic mass is 16.6. The molecule has 0 radical (unpaired) electrons. The molecule has 11 heavy (non-hydrogen) atoms. The van der Waals surface area contributed by atoms with Crippen molar-refractivity contribution in [2.75, 3.05) is 7.11 Å². The first-order chi connectivity index (χ1) is 5.19. The van der Waals surface area contributed by atoms with Crippen molar-refractivity contribution in [2.45, 2.75) is 25.4 Å². The minimum Gasteiger partial charge on any atom is -0.484 e. The van der Waals surface area contributed by atoms with Crippen molar-refractivity contribution in [1.29, 1.82) is 0 Å². The zero-order valence-corrected chi connectivity index (χ0v) is 6.79. The van der Waals surface area contributed by atoms with Crippen LogP contribution in [0.4, 0.5) is 0 Å². The van der Waals surface area contributed by atoms with Crippen LogP contribution in [0.2, 0.25) is 0 Å². The maximum atomic E-state index is 11.1. The quantitative estimate of drug-likeness (QED) is 0.536. The number of hydrogen-bond donors (Lipinski definition) is 0. The maximum absolute atomic E-state index is 11.1. The van der Waals surface area contributed by atoms with E-state index in [1.165, 1.54) is 7.11 Å². The molecule has 62 valence electrons. The lowest BCUT2D eigenvalue weighted by Crippen LogP contribution is -2.39. The Hall–Kier alpha value is -0.990. The van der Waals surface area contributed by atoms with Gasteiger partial charge in [0.15, 0.2) is 0 Å². The van der Waals surface area contributed by atoms with Gasteiger partial charge >= 0.3 is 5.97 Å². The number of methoxy groups -OCH3 is 1. The molecule has 1 atom stereocenters. The van der Waals surface area contributed by atoms with Gasteiger partial charge in [-0.15, -0.1) is 0 Å². The third kappa shape index (κ3) is 1.53. The zero-order valence-electron chi connectivity index (χ0n) is 6.79. The van der Waals surface area contributed by atoms with Crippen LogP contribution < -0.4 is 0 Å². The Morgan fingerprint density at radius 3 is 2.91 bits per heavy atom. The van der Waals surface area contributed by atoms with Gasteiger partial charge in [-0.05, 0) is 19.4 Å². The molecule has 0 spiro atoms. The van der Waals surface area contributed by atoms with Gasteiger partial charge in [0.1, 0.15) is 0 Å². The predicted molar refractivity (Wildman–Crippen MR) is 39.9 cm³/mol. The van der Waals surface area contributed by atoms with Crippen molar-refractivity contribution < 1.29 is 14.3 Å². The van der Waals surface area contributed by atoms with Crippen molar-refractivity contribution in [1.82, 2.24) is 0 Å². The number of hydrogen-bond acceptors (Lipinski definition) is 3. The monoisotopic (exact) mass is 156 g/mol. The van der Waals surface area contributed by atoms with E-state index in [1.54, 1.807) is 13.2 Å². The van der Waals surface area contributed by atoms with Gasteiger partial charge in [0, 0.05) is 6.42 Å². The first-order valence-corrected chi connectivity index (χ1v) is 3.60. The van der Waals surface area contributed by atoms with Crippen LogP contribution in [0.1, 0.15) is 19.8 Å². The zero-order chi connectivity index (χ0) is 8.32. The van der Waals surface area contributed by atoms with Gasteiger partial charge in [0.05, 0.1) is 13.4 Å². The highest BCUT2D eigenvalue weighted by Gasteiger charge is 2.36. The van der Waals surface area contributed by atoms with Gasteiger partial charge in [-0.2, -0.15) is 0 Å². The predicted octanol–water partition coefficient (Wildman–Crippen LogP) is 1.24. The van der Waals surface area contributed by atoms with Crippen molar-refractivity contribution in [3.05, 3.63) is 12.3 Å². The van der Waals surface area contributed by atoms with Crippen molar-refractivity contribution in [3.8, 4) is 0 Å². The second kappa shape index (κ2) is 2.95. The molecule has 0 fully saturated rings. The molecule has 1 rings (SSSR count). The van der Waals surface area contributed by atoms with E-state index < -0.39 is 5.60 Å². The van der Waals surface area contributed by atoms with E-state index in [1.807, 2.05) is 6.08 Å². The SMILES string of the molecule is COC(=O)[C@]1(C)CCC=CO1. The van der Waals surface area contributed by atoms with Crippen molar-refractivity contribution in [2.24, 2.45) is 0 Å². The summed E-state index contributed by atoms with van der Waals surface area (Å²) in [4.78, 5) is 11.1. The van der Waals surface area contributed by atoms with Crippen LogP contribution in [-0.4, -0.2) is 18.7 Å². The van der Waals surface area contributed by atoms with E-state index in [-0.39, 0.29) is 5.97 Å². The van der Waals surface area contributed by atoms with Crippen LogP contribution in [0.5, 0.6) is 0 Å². The second-order valence-electron chi connectivity index (χ2n) is 2.75. The molecule has 3 nitrogen and oxygen atoms in total. The molecule has 1 aliphatic rings. The topological polar surface area (TPSA) is 35.5 Å². The molecule has 0 amide bonds. The summed E-state index contributed by atoms with van der Waals surface area (Å²) >= 11 is 0. The van der Waals surface area contributed by atoms with Gasteiger partial charge in [0.2, 0.25) is 5.60 Å². The molecule has 0 N–H and O–H groups in total. The van der Waals surface area contributed by atoms with Crippen LogP contribution in [0.3, 0.4) is 0 Å². The largest absolute Gasteiger partial charge is 0.484 e. The molecule has 0 unspecified atom stereocenters. The highest BCUT2D eigenvalue weighted by Crippen LogP contribution is 2.23. The number of carbonyl (C=O) groups is 1. The highest BCUT2D eigenvalue weighted by molar-refractivity contribution is 5.79. The number of carbonyl (C=O) groups excluding carboxylic acids is 1. The molecule has 0 saturated carbocycles. The Labute approximate surface area is 66.0 Å². The normalized spacial score (nSPS) is 29.3. The van der Waals surface area contributed by atoms with E-state index in [2.05, 4.69) is 4.74 Å². The smallest absolute Gasteiger partial charge is 0.349 e. The average Bonchev–Trinajstić information content (AvgIpc) is 2.04. The fraction of sp³-hybridized carbons (Fsp3) is 0.625. The van der Waals surface area contributed by atoms with E-state index in [0.717, 1.165) is 6.42 Å². The number of rotatable bonds is 1. The number of esters is 1. The summed E-state index contributed by atoms with van der Waals surface area (Å²) in [7, 11) is 1.37. The van der Waals surface area contributed by atoms with Gasteiger partial charge in [-0.1, -0.05) is 0 Å². The van der Waals surface area contributed by atoms with E-state index in [0.29, 0.717) is 6.42 Å². The van der Waals surface area contributed by atoms with Gasteiger partial charge in [-0.3, -0.25) is 0 Å². The average molecular weight is 156 g/mol. The first kappa shape index (κ1) is 8.11. The van der Waals surface area contributed by atoms with Gasteiger partial charge < -0.3 is 9.47 Å². The lowest BCUT2D eigenvalue weighted by molar-refractivity contribution is -0.162. The lowest BCUT2D eigenvalue weighted by Gasteiger charge is -2.27. The standard InChI is InChI=1S/C8H12O3/c1-8(7(9)10-2)5-3-4-6-11-8/h4,6H,3,5H2,1-2H3/t8-/m0/s1. The molecule has 1 aliphatic heterocycles. The van der Waals surface area contributed by atoms with Crippen LogP contribution in [0.15, 0.2) is 12.3 Å². The van der Waals surface area contributed by atoms with E-state index in [4.69, 9.17) is 4.74 Å². The summed E-state index contributed by atoms with van der Waals surface area (Å²) in [5.41, 5.74) is -0.760. The van der Waals surface area contributed by atoms with Crippen LogP contribution >= 0.6 is 0 Å². The summed E-state index contributed by atoms with van der Waals surface area (Å²) in [6.07, 6.45) is 5.01. The summed E-state index contributed by atoms with van der Waals surface area (Å²) in [5, 5.41) is 0. The maximum Gasteiger partial charge on any atom is 0.349 e. The van der Waals surface area contributed by atoms with Crippen LogP contribution in [-0.2, 0) is 14.3 Å². The lowest BCUT2D eigenvalue weighted by atomic mass is 9.98. The molecule has 0 aromatic rings. The Kier molecular flexibility index (Phi) is 2.17. The van der Waals surface area contributed by atoms with Crippen LogP contribution in [0.25, 0.3) is 0 Å². The van der Waals surface area contributed by atoms with Crippen molar-refractivity contribution >= 4 is 5.97 Å². The molecule has 0 aromatic heterocycles. The van der Waals surface area contributed by atoms with E-state index in [9.17, 15) is 4.79 Å². The molecular weight excluding hydrogens is 144 g/mol. The molecular formula is C8H12O3. The summed E-state index contributed by atoms with van der Waals surface area (Å²) in [5.74, 6) is -0.304. The molecule has 1 heterocycles. The first-order valence-electron chi connectivity index (χ1n) is 3.60. The number of ether oxygens (including phenoxy) is 2. The molecule has 0 saturated heterocycles. The van der Waals surface area contributed by atoms with Crippen molar-refractivity contribution in [3.63, 3.8) is 0 Å². The fourth-order valence-corrected chi connectivity index (χ4v) is 1.05. The summed E-state index contributed by atoms with van der Waals surface area (Å²) in [6, 6.07) is 0. The Morgan fingerprint density at radius 2 is 2.45 bits per heavy atom. The third-order valence-corrected chi connectivity index (χ3v) is 1.83. The minimum absolute atomic E-state index is 0.304. The molecule has 3 heteroatoms. The number of allylic oxidation sites excluding steroid dienone is 1. The van der Waals surface area contributed by atoms with Crippen LogP contribution in [0, 0.1) is 0 Å². The summed E-state index contributed by atoms with van der Waals surface area (Å²) < 4.78 is 9.76. The van der Waals surface area contributed by atoms with Gasteiger partial charge in [0.25, 0.3) is 0 Å². The van der Waals surface area contributed by atoms with Gasteiger partial charge in [-0.25, -0.2) is 4.79 Å².